The molecule has 2 N–H and O–H groups in total. The Hall–Kier alpha value is -1.39. The van der Waals surface area contributed by atoms with Crippen molar-refractivity contribution in [2.75, 3.05) is 25.0 Å². The lowest BCUT2D eigenvalue weighted by Gasteiger charge is -2.29. The minimum Gasteiger partial charge on any atom is -0.328 e. The van der Waals surface area contributed by atoms with Crippen LogP contribution in [0.4, 0.5) is 5.69 Å². The molecule has 98 valence electrons. The van der Waals surface area contributed by atoms with Crippen LogP contribution in [0.5, 0.6) is 0 Å². The van der Waals surface area contributed by atoms with Gasteiger partial charge in [0.25, 0.3) is 0 Å². The number of anilines is 1. The molecule has 1 fully saturated rings. The molecule has 0 aliphatic carbocycles. The minimum absolute atomic E-state index is 0.107. The molecule has 2 rings (SSSR count). The van der Waals surface area contributed by atoms with Crippen LogP contribution in [-0.4, -0.2) is 43.0 Å². The highest BCUT2D eigenvalue weighted by atomic mass is 16.2. The van der Waals surface area contributed by atoms with Gasteiger partial charge in [-0.1, -0.05) is 18.2 Å². The fourth-order valence-electron chi connectivity index (χ4n) is 2.42. The molecule has 18 heavy (non-hydrogen) atoms. The van der Waals surface area contributed by atoms with E-state index in [1.165, 1.54) is 0 Å². The number of rotatable bonds is 2. The standard InChI is InChI=1S/C14H21N3O/c1-11-8-9-17(12-6-4-3-5-7-12)14(18)13(10-15)16(11)2/h3-7,11,13H,8-10,15H2,1-2H3. The topological polar surface area (TPSA) is 49.6 Å². The average Bonchev–Trinajstić information content (AvgIpc) is 2.50. The Morgan fingerprint density at radius 3 is 2.61 bits per heavy atom. The highest BCUT2D eigenvalue weighted by Gasteiger charge is 2.33. The number of carbonyl (C=O) groups excluding carboxylic acids is 1. The van der Waals surface area contributed by atoms with Gasteiger partial charge in [0.1, 0.15) is 6.04 Å². The van der Waals surface area contributed by atoms with E-state index in [1.54, 1.807) is 0 Å². The third-order valence-corrected chi connectivity index (χ3v) is 3.80. The summed E-state index contributed by atoms with van der Waals surface area (Å²) < 4.78 is 0. The van der Waals surface area contributed by atoms with Gasteiger partial charge in [0.15, 0.2) is 0 Å². The molecule has 1 heterocycles. The lowest BCUT2D eigenvalue weighted by atomic mass is 10.2. The summed E-state index contributed by atoms with van der Waals surface area (Å²) in [6.07, 6.45) is 0.966. The van der Waals surface area contributed by atoms with Crippen molar-refractivity contribution < 1.29 is 4.79 Å². The Kier molecular flexibility index (Phi) is 3.99. The average molecular weight is 247 g/mol. The van der Waals surface area contributed by atoms with Crippen LogP contribution < -0.4 is 10.6 Å². The zero-order valence-electron chi connectivity index (χ0n) is 11.0. The Balaban J connectivity index is 2.29. The highest BCUT2D eigenvalue weighted by molar-refractivity contribution is 5.97. The molecule has 4 heteroatoms. The van der Waals surface area contributed by atoms with Crippen LogP contribution in [0.15, 0.2) is 30.3 Å². The van der Waals surface area contributed by atoms with E-state index >= 15 is 0 Å². The molecule has 1 amide bonds. The minimum atomic E-state index is -0.220. The third-order valence-electron chi connectivity index (χ3n) is 3.80. The predicted molar refractivity (Wildman–Crippen MR) is 73.5 cm³/mol. The molecule has 0 aromatic heterocycles. The molecule has 2 atom stereocenters. The first kappa shape index (κ1) is 13.1. The molecule has 0 spiro atoms. The number of hydrogen-bond donors (Lipinski definition) is 1. The summed E-state index contributed by atoms with van der Waals surface area (Å²) in [5.41, 5.74) is 6.73. The van der Waals surface area contributed by atoms with Crippen molar-refractivity contribution in [2.45, 2.75) is 25.4 Å². The van der Waals surface area contributed by atoms with E-state index in [1.807, 2.05) is 42.3 Å². The molecule has 1 aliphatic heterocycles. The van der Waals surface area contributed by atoms with Gasteiger partial charge in [-0.3, -0.25) is 9.69 Å². The van der Waals surface area contributed by atoms with Crippen LogP contribution in [0, 0.1) is 0 Å². The molecule has 1 aromatic rings. The smallest absolute Gasteiger partial charge is 0.245 e. The lowest BCUT2D eigenvalue weighted by Crippen LogP contribution is -2.50. The van der Waals surface area contributed by atoms with Gasteiger partial charge in [0, 0.05) is 24.8 Å². The van der Waals surface area contributed by atoms with Crippen LogP contribution in [0.25, 0.3) is 0 Å². The van der Waals surface area contributed by atoms with E-state index in [2.05, 4.69) is 11.8 Å². The summed E-state index contributed by atoms with van der Waals surface area (Å²) in [4.78, 5) is 16.5. The molecule has 0 bridgehead atoms. The van der Waals surface area contributed by atoms with Gasteiger partial charge in [-0.15, -0.1) is 0 Å². The maximum atomic E-state index is 12.5. The van der Waals surface area contributed by atoms with Crippen molar-refractivity contribution in [3.8, 4) is 0 Å². The number of nitrogens with two attached hydrogens (primary N) is 1. The number of likely N-dealkylation sites (N-methyl/N-ethyl adjacent to an activating group) is 1. The van der Waals surface area contributed by atoms with Crippen molar-refractivity contribution >= 4 is 11.6 Å². The Labute approximate surface area is 108 Å². The number of amides is 1. The van der Waals surface area contributed by atoms with Crippen LogP contribution in [0.1, 0.15) is 13.3 Å². The maximum Gasteiger partial charge on any atom is 0.245 e. The number of nitrogens with zero attached hydrogens (tertiary/aromatic N) is 2. The molecular formula is C14H21N3O. The van der Waals surface area contributed by atoms with Crippen molar-refractivity contribution in [2.24, 2.45) is 5.73 Å². The second-order valence-corrected chi connectivity index (χ2v) is 4.88. The molecular weight excluding hydrogens is 226 g/mol. The third kappa shape index (κ3) is 2.40. The lowest BCUT2D eigenvalue weighted by molar-refractivity contribution is -0.122. The van der Waals surface area contributed by atoms with E-state index in [0.717, 1.165) is 18.7 Å². The van der Waals surface area contributed by atoms with Crippen molar-refractivity contribution in [3.63, 3.8) is 0 Å². The van der Waals surface area contributed by atoms with E-state index in [-0.39, 0.29) is 11.9 Å². The van der Waals surface area contributed by atoms with Gasteiger partial charge in [-0.05, 0) is 32.5 Å². The van der Waals surface area contributed by atoms with Crippen molar-refractivity contribution in [1.82, 2.24) is 4.90 Å². The first-order valence-electron chi connectivity index (χ1n) is 6.43. The highest BCUT2D eigenvalue weighted by Crippen LogP contribution is 2.21. The molecule has 2 unspecified atom stereocenters. The molecule has 0 saturated carbocycles. The van der Waals surface area contributed by atoms with Gasteiger partial charge >= 0.3 is 0 Å². The van der Waals surface area contributed by atoms with E-state index in [0.29, 0.717) is 12.6 Å². The normalized spacial score (nSPS) is 26.2. The number of benzene rings is 1. The molecule has 0 radical (unpaired) electrons. The SMILES string of the molecule is CC1CCN(c2ccccc2)C(=O)C(CN)N1C. The van der Waals surface area contributed by atoms with Crippen LogP contribution >= 0.6 is 0 Å². The van der Waals surface area contributed by atoms with Gasteiger partial charge in [0.05, 0.1) is 0 Å². The van der Waals surface area contributed by atoms with E-state index in [9.17, 15) is 4.79 Å². The van der Waals surface area contributed by atoms with Crippen LogP contribution in [0.3, 0.4) is 0 Å². The first-order valence-corrected chi connectivity index (χ1v) is 6.43. The largest absolute Gasteiger partial charge is 0.328 e. The summed E-state index contributed by atoms with van der Waals surface area (Å²) in [7, 11) is 1.98. The monoisotopic (exact) mass is 247 g/mol. The predicted octanol–water partition coefficient (Wildman–Crippen LogP) is 1.07. The van der Waals surface area contributed by atoms with Gasteiger partial charge in [-0.25, -0.2) is 0 Å². The van der Waals surface area contributed by atoms with Gasteiger partial charge in [-0.2, -0.15) is 0 Å². The molecule has 4 nitrogen and oxygen atoms in total. The Bertz CT molecular complexity index is 407. The van der Waals surface area contributed by atoms with Crippen LogP contribution in [-0.2, 0) is 4.79 Å². The zero-order chi connectivity index (χ0) is 13.1. The summed E-state index contributed by atoms with van der Waals surface area (Å²) in [6.45, 7) is 3.26. The van der Waals surface area contributed by atoms with E-state index < -0.39 is 0 Å². The maximum absolute atomic E-state index is 12.5. The second kappa shape index (κ2) is 5.50. The van der Waals surface area contributed by atoms with Gasteiger partial charge < -0.3 is 10.6 Å². The number of carbonyl (C=O) groups is 1. The van der Waals surface area contributed by atoms with Crippen LogP contribution in [0.2, 0.25) is 0 Å². The fourth-order valence-corrected chi connectivity index (χ4v) is 2.42. The summed E-state index contributed by atoms with van der Waals surface area (Å²) in [5.74, 6) is 0.107. The molecule has 1 aliphatic rings. The van der Waals surface area contributed by atoms with E-state index in [4.69, 9.17) is 5.73 Å². The number of para-hydroxylation sites is 1. The quantitative estimate of drug-likeness (QED) is 0.850. The zero-order valence-corrected chi connectivity index (χ0v) is 11.0. The molecule has 1 aromatic carbocycles. The Morgan fingerprint density at radius 2 is 2.00 bits per heavy atom. The van der Waals surface area contributed by atoms with Gasteiger partial charge in [0.2, 0.25) is 5.91 Å². The molecule has 1 saturated heterocycles. The summed E-state index contributed by atoms with van der Waals surface area (Å²) in [5, 5.41) is 0. The number of hydrogen-bond acceptors (Lipinski definition) is 3. The summed E-state index contributed by atoms with van der Waals surface area (Å²) in [6, 6.07) is 9.97. The fraction of sp³-hybridized carbons (Fsp3) is 0.500. The summed E-state index contributed by atoms with van der Waals surface area (Å²) >= 11 is 0. The van der Waals surface area contributed by atoms with Crippen molar-refractivity contribution in [1.29, 1.82) is 0 Å². The second-order valence-electron chi connectivity index (χ2n) is 4.88. The van der Waals surface area contributed by atoms with Crippen molar-refractivity contribution in [3.05, 3.63) is 30.3 Å². The Morgan fingerprint density at radius 1 is 1.33 bits per heavy atom. The first-order chi connectivity index (χ1) is 8.65.